The van der Waals surface area contributed by atoms with Gasteiger partial charge in [-0.15, -0.1) is 11.3 Å². The third-order valence-electron chi connectivity index (χ3n) is 4.32. The van der Waals surface area contributed by atoms with E-state index in [0.29, 0.717) is 19.8 Å². The van der Waals surface area contributed by atoms with Crippen LogP contribution in [0.25, 0.3) is 5.57 Å². The van der Waals surface area contributed by atoms with Gasteiger partial charge in [0.2, 0.25) is 5.88 Å². The summed E-state index contributed by atoms with van der Waals surface area (Å²) in [5, 5.41) is 12.2. The first-order valence-corrected chi connectivity index (χ1v) is 9.02. The number of hydrogen-bond acceptors (Lipinski definition) is 4. The summed E-state index contributed by atoms with van der Waals surface area (Å²) in [4.78, 5) is 16.9. The zero-order valence-electron chi connectivity index (χ0n) is 13.3. The van der Waals surface area contributed by atoms with Crippen LogP contribution in [0.5, 0.6) is 5.88 Å². The van der Waals surface area contributed by atoms with Gasteiger partial charge in [0.15, 0.2) is 3.95 Å². The first-order valence-electron chi connectivity index (χ1n) is 7.80. The quantitative estimate of drug-likeness (QED) is 0.725. The lowest BCUT2D eigenvalue weighted by Gasteiger charge is -2.15. The van der Waals surface area contributed by atoms with Crippen molar-refractivity contribution < 1.29 is 9.90 Å². The van der Waals surface area contributed by atoms with E-state index in [1.54, 1.807) is 10.6 Å². The largest absolute Gasteiger partial charge is 0.493 e. The van der Waals surface area contributed by atoms with Crippen molar-refractivity contribution in [2.45, 2.75) is 13.0 Å². The van der Waals surface area contributed by atoms with E-state index in [1.165, 1.54) is 11.3 Å². The van der Waals surface area contributed by atoms with Gasteiger partial charge in [-0.2, -0.15) is 0 Å². The van der Waals surface area contributed by atoms with Crippen LogP contribution < -0.4 is 10.6 Å². The Bertz CT molecular complexity index is 1160. The molecule has 2 aromatic carbocycles. The van der Waals surface area contributed by atoms with Gasteiger partial charge in [-0.05, 0) is 30.8 Å². The summed E-state index contributed by atoms with van der Waals surface area (Å²) < 4.78 is 2.21. The summed E-state index contributed by atoms with van der Waals surface area (Å²) in [6.07, 6.45) is 0. The summed E-state index contributed by atoms with van der Waals surface area (Å²) in [5.41, 5.74) is 1.45. The van der Waals surface area contributed by atoms with E-state index in [1.807, 2.05) is 55.5 Å². The van der Waals surface area contributed by atoms with Gasteiger partial charge in [0.1, 0.15) is 4.88 Å². The van der Waals surface area contributed by atoms with Crippen LogP contribution in [0.4, 0.5) is 0 Å². The molecule has 1 atom stereocenters. The first kappa shape index (κ1) is 15.9. The van der Waals surface area contributed by atoms with Crippen molar-refractivity contribution in [2.75, 3.05) is 0 Å². The SMILES string of the molecule is CC(c1ccccc1)n1c(O)c(C2=c3ccccc3=NC2=O)sc1=S. The number of thiazole rings is 1. The molecule has 1 aliphatic rings. The maximum absolute atomic E-state index is 12.4. The molecule has 25 heavy (non-hydrogen) atoms. The number of hydrogen-bond donors (Lipinski definition) is 1. The van der Waals surface area contributed by atoms with E-state index in [2.05, 4.69) is 4.99 Å². The van der Waals surface area contributed by atoms with Crippen molar-refractivity contribution in [3.8, 4) is 5.88 Å². The lowest BCUT2D eigenvalue weighted by Crippen LogP contribution is -2.22. The lowest BCUT2D eigenvalue weighted by atomic mass is 10.1. The van der Waals surface area contributed by atoms with E-state index in [4.69, 9.17) is 12.2 Å². The molecule has 3 aromatic rings. The summed E-state index contributed by atoms with van der Waals surface area (Å²) in [7, 11) is 0. The molecule has 1 N–H and O–H groups in total. The van der Waals surface area contributed by atoms with E-state index in [0.717, 1.165) is 10.8 Å². The molecular formula is C19H14N2O2S2. The number of para-hydroxylation sites is 1. The number of amides is 1. The Morgan fingerprint density at radius 2 is 1.80 bits per heavy atom. The van der Waals surface area contributed by atoms with E-state index in [-0.39, 0.29) is 17.8 Å². The highest BCUT2D eigenvalue weighted by molar-refractivity contribution is 7.73. The summed E-state index contributed by atoms with van der Waals surface area (Å²) in [5.74, 6) is -0.325. The molecule has 0 saturated carbocycles. The highest BCUT2D eigenvalue weighted by Gasteiger charge is 2.26. The molecule has 2 heterocycles. The average molecular weight is 366 g/mol. The molecule has 0 radical (unpaired) electrons. The molecule has 124 valence electrons. The number of carbonyl (C=O) groups excluding carboxylic acids is 1. The van der Waals surface area contributed by atoms with Gasteiger partial charge < -0.3 is 5.11 Å². The Hall–Kier alpha value is -2.57. The number of benzene rings is 2. The second kappa shape index (κ2) is 6.06. The van der Waals surface area contributed by atoms with Crippen LogP contribution >= 0.6 is 23.6 Å². The van der Waals surface area contributed by atoms with Crippen molar-refractivity contribution >= 4 is 35.0 Å². The minimum absolute atomic E-state index is 0.0154. The summed E-state index contributed by atoms with van der Waals surface area (Å²) in [6.45, 7) is 1.97. The van der Waals surface area contributed by atoms with E-state index < -0.39 is 0 Å². The maximum atomic E-state index is 12.4. The van der Waals surface area contributed by atoms with Gasteiger partial charge in [0.05, 0.1) is 17.0 Å². The second-order valence-corrected chi connectivity index (χ2v) is 7.43. The predicted molar refractivity (Wildman–Crippen MR) is 99.8 cm³/mol. The Kier molecular flexibility index (Phi) is 3.86. The number of aromatic hydroxyl groups is 1. The summed E-state index contributed by atoms with van der Waals surface area (Å²) >= 11 is 6.71. The van der Waals surface area contributed by atoms with Crippen LogP contribution in [-0.4, -0.2) is 15.6 Å². The second-order valence-electron chi connectivity index (χ2n) is 5.79. The molecular weight excluding hydrogens is 352 g/mol. The monoisotopic (exact) mass is 366 g/mol. The molecule has 1 aliphatic heterocycles. The molecule has 0 aliphatic carbocycles. The number of aromatic nitrogens is 1. The van der Waals surface area contributed by atoms with Crippen LogP contribution in [0.15, 0.2) is 59.6 Å². The number of fused-ring (bicyclic) bond motifs is 1. The van der Waals surface area contributed by atoms with Gasteiger partial charge in [-0.3, -0.25) is 9.36 Å². The van der Waals surface area contributed by atoms with Gasteiger partial charge in [-0.25, -0.2) is 4.99 Å². The van der Waals surface area contributed by atoms with Crippen molar-refractivity contribution in [3.05, 3.63) is 79.6 Å². The van der Waals surface area contributed by atoms with Crippen LogP contribution in [0.2, 0.25) is 0 Å². The molecule has 0 saturated heterocycles. The normalized spacial score (nSPS) is 14.3. The third kappa shape index (κ3) is 2.54. The molecule has 0 spiro atoms. The fourth-order valence-corrected chi connectivity index (χ4v) is 4.55. The van der Waals surface area contributed by atoms with Crippen LogP contribution in [0.3, 0.4) is 0 Å². The molecule has 0 bridgehead atoms. The van der Waals surface area contributed by atoms with Gasteiger partial charge in [-0.1, -0.05) is 48.5 Å². The minimum atomic E-state index is -0.340. The Morgan fingerprint density at radius 3 is 2.56 bits per heavy atom. The fraction of sp³-hybridized carbons (Fsp3) is 0.105. The number of nitrogens with zero attached hydrogens (tertiary/aromatic N) is 2. The van der Waals surface area contributed by atoms with Crippen molar-refractivity contribution in [1.29, 1.82) is 0 Å². The van der Waals surface area contributed by atoms with Crippen LogP contribution in [-0.2, 0) is 4.79 Å². The van der Waals surface area contributed by atoms with Gasteiger partial charge in [0, 0.05) is 5.22 Å². The standard InChI is InChI=1S/C19H14N2O2S2/c1-11(12-7-3-2-4-8-12)21-18(23)16(25-19(21)24)15-13-9-5-6-10-14(13)20-17(15)22/h2-11,23H,1H3. The van der Waals surface area contributed by atoms with E-state index >= 15 is 0 Å². The van der Waals surface area contributed by atoms with Crippen LogP contribution in [0, 0.1) is 3.95 Å². The smallest absolute Gasteiger partial charge is 0.279 e. The predicted octanol–water partition coefficient (Wildman–Crippen LogP) is 2.95. The Labute approximate surface area is 153 Å². The Balaban J connectivity index is 1.93. The molecule has 4 nitrogen and oxygen atoms in total. The molecule has 1 aromatic heterocycles. The van der Waals surface area contributed by atoms with Gasteiger partial charge in [0.25, 0.3) is 5.91 Å². The van der Waals surface area contributed by atoms with Crippen molar-refractivity contribution in [2.24, 2.45) is 4.99 Å². The minimum Gasteiger partial charge on any atom is -0.493 e. The highest BCUT2D eigenvalue weighted by atomic mass is 32.1. The molecule has 1 amide bonds. The lowest BCUT2D eigenvalue weighted by molar-refractivity contribution is -0.112. The number of rotatable bonds is 3. The fourth-order valence-electron chi connectivity index (χ4n) is 3.05. The molecule has 4 rings (SSSR count). The molecule has 6 heteroatoms. The highest BCUT2D eigenvalue weighted by Crippen LogP contribution is 2.36. The van der Waals surface area contributed by atoms with Gasteiger partial charge >= 0.3 is 0 Å². The summed E-state index contributed by atoms with van der Waals surface area (Å²) in [6, 6.07) is 17.0. The zero-order valence-corrected chi connectivity index (χ0v) is 15.0. The van der Waals surface area contributed by atoms with Crippen LogP contribution in [0.1, 0.15) is 23.4 Å². The molecule has 1 unspecified atom stereocenters. The molecule has 0 fully saturated rings. The third-order valence-corrected chi connectivity index (χ3v) is 5.73. The topological polar surface area (TPSA) is 54.6 Å². The van der Waals surface area contributed by atoms with Crippen molar-refractivity contribution in [3.63, 3.8) is 0 Å². The van der Waals surface area contributed by atoms with E-state index in [9.17, 15) is 9.90 Å². The maximum Gasteiger partial charge on any atom is 0.279 e. The first-order chi connectivity index (χ1) is 12.1. The Morgan fingerprint density at radius 1 is 1.12 bits per heavy atom. The average Bonchev–Trinajstić information content (AvgIpc) is 3.10. The van der Waals surface area contributed by atoms with Crippen molar-refractivity contribution in [1.82, 2.24) is 4.57 Å². The zero-order chi connectivity index (χ0) is 17.6. The number of carbonyl (C=O) groups is 1.